The maximum atomic E-state index is 11.0. The maximum absolute atomic E-state index is 11.0. The van der Waals surface area contributed by atoms with Crippen LogP contribution in [0.15, 0.2) is 0 Å². The zero-order valence-corrected chi connectivity index (χ0v) is 8.44. The smallest absolute Gasteiger partial charge is 0.407 e. The van der Waals surface area contributed by atoms with Gasteiger partial charge in [-0.1, -0.05) is 12.6 Å². The lowest BCUT2D eigenvalue weighted by molar-refractivity contribution is 0.143. The summed E-state index contributed by atoms with van der Waals surface area (Å²) in [5, 5.41) is 2.83. The van der Waals surface area contributed by atoms with Crippen LogP contribution < -0.4 is 5.32 Å². The Hall–Kier alpha value is -0.600. The summed E-state index contributed by atoms with van der Waals surface area (Å²) in [5.74, 6) is 0. The Morgan fingerprint density at radius 2 is 2.00 bits per heavy atom. The van der Waals surface area contributed by atoms with Gasteiger partial charge in [0, 0.05) is 5.54 Å². The molecule has 0 bridgehead atoms. The van der Waals surface area contributed by atoms with Gasteiger partial charge in [0.2, 0.25) is 0 Å². The van der Waals surface area contributed by atoms with Crippen molar-refractivity contribution < 1.29 is 9.53 Å². The van der Waals surface area contributed by atoms with Gasteiger partial charge < -0.3 is 10.1 Å². The number of rotatable bonds is 4. The Bertz CT molecular complexity index is 148. The predicted molar refractivity (Wildman–Crippen MR) is 55.3 cm³/mol. The van der Waals surface area contributed by atoms with Crippen LogP contribution in [0.3, 0.4) is 0 Å². The molecule has 0 aromatic heterocycles. The zero-order chi connectivity index (χ0) is 9.61. The number of nitrogens with one attached hydrogen (secondary N) is 1. The Balaban J connectivity index is 3.93. The van der Waals surface area contributed by atoms with Gasteiger partial charge in [-0.05, 0) is 13.8 Å². The van der Waals surface area contributed by atoms with E-state index in [1.165, 1.54) is 0 Å². The van der Waals surface area contributed by atoms with Gasteiger partial charge in [-0.15, -0.1) is 0 Å². The quantitative estimate of drug-likeness (QED) is 0.581. The molecule has 0 aliphatic carbocycles. The lowest BCUT2D eigenvalue weighted by Gasteiger charge is -2.27. The molecule has 3 nitrogen and oxygen atoms in total. The fraction of sp³-hybridized carbons (Fsp3) is 0.857. The Kier molecular flexibility index (Phi) is 4.86. The normalized spacial score (nSPS) is 10.8. The number of ether oxygens (including phenoxy) is 1. The molecular weight excluding hydrogens is 152 g/mol. The zero-order valence-electron chi connectivity index (χ0n) is 8.44. The molecular formula is C7H17B2NO2. The van der Waals surface area contributed by atoms with Gasteiger partial charge in [0.1, 0.15) is 15.7 Å². The number of alkyl carbamates (subject to hydrolysis) is 1. The fourth-order valence-electron chi connectivity index (χ4n) is 0.840. The molecule has 0 atom stereocenters. The predicted octanol–water partition coefficient (Wildman–Crippen LogP) is -0.406. The molecule has 0 saturated heterocycles. The number of carbonyl (C=O) groups is 1. The van der Waals surface area contributed by atoms with Crippen LogP contribution in [0.4, 0.5) is 4.79 Å². The first-order valence-corrected chi connectivity index (χ1v) is 4.53. The van der Waals surface area contributed by atoms with Gasteiger partial charge in [-0.2, -0.15) is 0 Å². The van der Waals surface area contributed by atoms with Crippen molar-refractivity contribution in [2.45, 2.75) is 32.0 Å². The largest absolute Gasteiger partial charge is 0.450 e. The molecule has 0 unspecified atom stereocenters. The summed E-state index contributed by atoms with van der Waals surface area (Å²) in [6, 6.07) is 0. The van der Waals surface area contributed by atoms with Gasteiger partial charge in [0.15, 0.2) is 0 Å². The second-order valence-electron chi connectivity index (χ2n) is 3.11. The fourth-order valence-corrected chi connectivity index (χ4v) is 0.840. The molecule has 68 valence electrons. The standard InChI is InChI=1S/C7H17B2NO2/c1-3-12-6(11)10-7(2,4-8)5-9/h3-5,8-9H2,1-2H3,(H,10,11). The van der Waals surface area contributed by atoms with Crippen molar-refractivity contribution in [2.24, 2.45) is 0 Å². The van der Waals surface area contributed by atoms with E-state index >= 15 is 0 Å². The molecule has 0 fully saturated rings. The second kappa shape index (κ2) is 5.12. The van der Waals surface area contributed by atoms with Crippen molar-refractivity contribution in [2.75, 3.05) is 6.61 Å². The first-order chi connectivity index (χ1) is 5.58. The van der Waals surface area contributed by atoms with E-state index in [2.05, 4.69) is 21.0 Å². The van der Waals surface area contributed by atoms with E-state index in [-0.39, 0.29) is 11.6 Å². The average Bonchev–Trinajstić information content (AvgIpc) is 2.05. The van der Waals surface area contributed by atoms with Crippen LogP contribution in [0.5, 0.6) is 0 Å². The molecule has 0 aromatic rings. The molecule has 0 aromatic carbocycles. The van der Waals surface area contributed by atoms with E-state index < -0.39 is 0 Å². The molecule has 12 heavy (non-hydrogen) atoms. The van der Waals surface area contributed by atoms with Crippen LogP contribution in [0.25, 0.3) is 0 Å². The molecule has 1 N–H and O–H groups in total. The van der Waals surface area contributed by atoms with Crippen molar-refractivity contribution in [3.63, 3.8) is 0 Å². The van der Waals surface area contributed by atoms with Crippen LogP contribution in [0.1, 0.15) is 13.8 Å². The van der Waals surface area contributed by atoms with Gasteiger partial charge in [-0.3, -0.25) is 0 Å². The molecule has 0 heterocycles. The van der Waals surface area contributed by atoms with Gasteiger partial charge in [0.25, 0.3) is 0 Å². The van der Waals surface area contributed by atoms with Crippen molar-refractivity contribution in [1.82, 2.24) is 5.32 Å². The van der Waals surface area contributed by atoms with E-state index in [9.17, 15) is 4.79 Å². The number of carbonyl (C=O) groups excluding carboxylic acids is 1. The van der Waals surface area contributed by atoms with E-state index in [0.29, 0.717) is 6.61 Å². The number of hydrogen-bond donors (Lipinski definition) is 1. The first-order valence-electron chi connectivity index (χ1n) is 4.53. The molecule has 0 aliphatic rings. The maximum Gasteiger partial charge on any atom is 0.407 e. The van der Waals surface area contributed by atoms with Crippen molar-refractivity contribution in [3.05, 3.63) is 0 Å². The highest BCUT2D eigenvalue weighted by atomic mass is 16.5. The third-order valence-electron chi connectivity index (χ3n) is 2.24. The molecule has 5 heteroatoms. The molecule has 1 amide bonds. The van der Waals surface area contributed by atoms with Crippen LogP contribution in [-0.4, -0.2) is 33.9 Å². The Morgan fingerprint density at radius 3 is 2.33 bits per heavy atom. The summed E-state index contributed by atoms with van der Waals surface area (Å²) in [5.41, 5.74) is -0.119. The second-order valence-corrected chi connectivity index (χ2v) is 3.11. The van der Waals surface area contributed by atoms with Crippen molar-refractivity contribution in [3.8, 4) is 0 Å². The topological polar surface area (TPSA) is 38.3 Å². The third-order valence-corrected chi connectivity index (χ3v) is 2.24. The van der Waals surface area contributed by atoms with E-state index in [0.717, 1.165) is 12.6 Å². The lowest BCUT2D eigenvalue weighted by atomic mass is 9.76. The van der Waals surface area contributed by atoms with Crippen molar-refractivity contribution >= 4 is 21.8 Å². The summed E-state index contributed by atoms with van der Waals surface area (Å²) >= 11 is 0. The van der Waals surface area contributed by atoms with Gasteiger partial charge in [0.05, 0.1) is 6.61 Å². The van der Waals surface area contributed by atoms with Gasteiger partial charge >= 0.3 is 6.09 Å². The SMILES string of the molecule is BCC(C)(CB)NC(=O)OCC. The summed E-state index contributed by atoms with van der Waals surface area (Å²) in [4.78, 5) is 11.0. The lowest BCUT2D eigenvalue weighted by Crippen LogP contribution is -2.45. The van der Waals surface area contributed by atoms with Crippen LogP contribution in [0.2, 0.25) is 12.6 Å². The average molecular weight is 169 g/mol. The van der Waals surface area contributed by atoms with Crippen LogP contribution in [-0.2, 0) is 4.74 Å². The molecule has 0 radical (unpaired) electrons. The molecule has 0 aliphatic heterocycles. The van der Waals surface area contributed by atoms with Gasteiger partial charge in [-0.25, -0.2) is 4.79 Å². The van der Waals surface area contributed by atoms with Crippen molar-refractivity contribution in [1.29, 1.82) is 0 Å². The summed E-state index contributed by atoms with van der Waals surface area (Å²) in [7, 11) is 4.10. The monoisotopic (exact) mass is 169 g/mol. The highest BCUT2D eigenvalue weighted by Gasteiger charge is 2.21. The van der Waals surface area contributed by atoms with E-state index in [4.69, 9.17) is 4.74 Å². The first kappa shape index (κ1) is 11.4. The Labute approximate surface area is 76.1 Å². The number of hydrogen-bond acceptors (Lipinski definition) is 2. The number of amides is 1. The molecule has 0 rings (SSSR count). The van der Waals surface area contributed by atoms with E-state index in [1.807, 2.05) is 6.92 Å². The van der Waals surface area contributed by atoms with Crippen LogP contribution in [0, 0.1) is 0 Å². The Morgan fingerprint density at radius 1 is 1.50 bits per heavy atom. The minimum absolute atomic E-state index is 0.119. The van der Waals surface area contributed by atoms with E-state index in [1.54, 1.807) is 6.92 Å². The minimum Gasteiger partial charge on any atom is -0.450 e. The summed E-state index contributed by atoms with van der Waals surface area (Å²) < 4.78 is 4.79. The highest BCUT2D eigenvalue weighted by Crippen LogP contribution is 2.12. The summed E-state index contributed by atoms with van der Waals surface area (Å²) in [6.07, 6.45) is 1.52. The van der Waals surface area contributed by atoms with Crippen LogP contribution >= 0.6 is 0 Å². The molecule has 0 saturated carbocycles. The minimum atomic E-state index is -0.316. The third kappa shape index (κ3) is 3.69. The highest BCUT2D eigenvalue weighted by molar-refractivity contribution is 6.13. The molecule has 0 spiro atoms. The summed E-state index contributed by atoms with van der Waals surface area (Å²) in [6.45, 7) is 4.24.